The molecule has 0 heterocycles. The summed E-state index contributed by atoms with van der Waals surface area (Å²) in [7, 11) is -3.37. The predicted molar refractivity (Wildman–Crippen MR) is 116 cm³/mol. The first-order chi connectivity index (χ1) is 13.8. The van der Waals surface area contributed by atoms with Crippen LogP contribution in [0.3, 0.4) is 0 Å². The van der Waals surface area contributed by atoms with E-state index in [1.54, 1.807) is 0 Å². The second-order valence-electron chi connectivity index (χ2n) is 7.56. The quantitative estimate of drug-likeness (QED) is 0.256. The topological polar surface area (TPSA) is 114 Å². The van der Waals surface area contributed by atoms with Gasteiger partial charge in [0.15, 0.2) is 0 Å². The van der Waals surface area contributed by atoms with Crippen molar-refractivity contribution in [2.75, 3.05) is 39.2 Å². The molecule has 170 valence electrons. The van der Waals surface area contributed by atoms with Crippen LogP contribution in [0.15, 0.2) is 0 Å². The van der Waals surface area contributed by atoms with Crippen molar-refractivity contribution in [1.82, 2.24) is 10.6 Å². The van der Waals surface area contributed by atoms with Gasteiger partial charge in [-0.1, -0.05) is 25.7 Å². The van der Waals surface area contributed by atoms with Crippen LogP contribution in [0.2, 0.25) is 0 Å². The molecule has 0 aromatic rings. The summed E-state index contributed by atoms with van der Waals surface area (Å²) >= 11 is 1.88. The third kappa shape index (κ3) is 13.2. The van der Waals surface area contributed by atoms with E-state index in [1.165, 1.54) is 32.3 Å². The van der Waals surface area contributed by atoms with Crippen LogP contribution in [0.5, 0.6) is 0 Å². The van der Waals surface area contributed by atoms with Crippen molar-refractivity contribution in [3.05, 3.63) is 0 Å². The fourth-order valence-corrected chi connectivity index (χ4v) is 4.87. The third-order valence-electron chi connectivity index (χ3n) is 5.08. The number of carbonyl (C=O) groups excluding carboxylic acids is 2. The van der Waals surface area contributed by atoms with Crippen molar-refractivity contribution in [3.8, 4) is 0 Å². The summed E-state index contributed by atoms with van der Waals surface area (Å²) in [6.45, 7) is 2.43. The molecule has 0 bridgehead atoms. The third-order valence-corrected chi connectivity index (χ3v) is 7.22. The molecule has 0 radical (unpaired) electrons. The number of nitrogens with one attached hydrogen (secondary N) is 2. The zero-order chi connectivity index (χ0) is 21.6. The Labute approximate surface area is 178 Å². The Hall–Kier alpha value is -0.760. The van der Waals surface area contributed by atoms with Gasteiger partial charge < -0.3 is 24.8 Å². The molecule has 0 aromatic heterocycles. The zero-order valence-electron chi connectivity index (χ0n) is 17.7. The van der Waals surface area contributed by atoms with Crippen molar-refractivity contribution in [2.24, 2.45) is 0 Å². The molecule has 1 aliphatic rings. The molecule has 1 atom stereocenters. The maximum absolute atomic E-state index is 12.0. The highest BCUT2D eigenvalue weighted by atomic mass is 32.2. The standard InChI is InChI=1S/C19H37N2O6PS/c1-28(24,25)27-15-8-4-3-7-13-21-18(23)26-16-14-20-17(22)9-12-19(29-2)10-5-6-11-19/h3-16H2,1-2H3,(H,20,22)(H,21,23)(H,24,25). The number of thioether (sulfide) groups is 1. The average molecular weight is 453 g/mol. The molecular formula is C19H37N2O6PS. The lowest BCUT2D eigenvalue weighted by atomic mass is 10.0. The molecule has 0 aliphatic heterocycles. The highest BCUT2D eigenvalue weighted by Crippen LogP contribution is 2.43. The van der Waals surface area contributed by atoms with E-state index in [0.717, 1.165) is 25.7 Å². The van der Waals surface area contributed by atoms with Crippen LogP contribution < -0.4 is 10.6 Å². The predicted octanol–water partition coefficient (Wildman–Crippen LogP) is 3.68. The van der Waals surface area contributed by atoms with Gasteiger partial charge in [0.1, 0.15) is 6.61 Å². The van der Waals surface area contributed by atoms with E-state index in [0.29, 0.717) is 25.9 Å². The molecule has 0 saturated heterocycles. The van der Waals surface area contributed by atoms with Crippen LogP contribution in [-0.4, -0.2) is 60.9 Å². The molecule has 10 heteroatoms. The first-order valence-electron chi connectivity index (χ1n) is 10.4. The maximum atomic E-state index is 12.0. The average Bonchev–Trinajstić information content (AvgIpc) is 3.14. The Morgan fingerprint density at radius 2 is 1.76 bits per heavy atom. The Morgan fingerprint density at radius 1 is 1.07 bits per heavy atom. The van der Waals surface area contributed by atoms with Gasteiger partial charge in [0, 0.05) is 24.4 Å². The molecule has 8 nitrogen and oxygen atoms in total. The number of amides is 2. The van der Waals surface area contributed by atoms with Crippen LogP contribution in [0.4, 0.5) is 4.79 Å². The number of rotatable bonds is 15. The molecule has 1 aliphatic carbocycles. The van der Waals surface area contributed by atoms with Gasteiger partial charge in [0.25, 0.3) is 0 Å². The summed E-state index contributed by atoms with van der Waals surface area (Å²) in [5, 5.41) is 5.48. The van der Waals surface area contributed by atoms with Crippen molar-refractivity contribution in [2.45, 2.75) is 69.0 Å². The highest BCUT2D eigenvalue weighted by Gasteiger charge is 2.32. The molecule has 1 fully saturated rings. The number of ether oxygens (including phenoxy) is 1. The van der Waals surface area contributed by atoms with E-state index in [4.69, 9.17) is 14.2 Å². The Balaban J connectivity index is 1.93. The van der Waals surface area contributed by atoms with Crippen molar-refractivity contribution >= 4 is 31.4 Å². The van der Waals surface area contributed by atoms with Gasteiger partial charge in [-0.2, -0.15) is 11.8 Å². The van der Waals surface area contributed by atoms with Gasteiger partial charge in [-0.3, -0.25) is 9.36 Å². The Kier molecular flexibility index (Phi) is 12.9. The number of hydrogen-bond acceptors (Lipinski definition) is 6. The van der Waals surface area contributed by atoms with Crippen molar-refractivity contribution < 1.29 is 28.3 Å². The monoisotopic (exact) mass is 452 g/mol. The lowest BCUT2D eigenvalue weighted by Gasteiger charge is -2.26. The Bertz CT molecular complexity index is 537. The second kappa shape index (κ2) is 14.3. The van der Waals surface area contributed by atoms with E-state index in [2.05, 4.69) is 16.9 Å². The second-order valence-corrected chi connectivity index (χ2v) is 10.7. The summed E-state index contributed by atoms with van der Waals surface area (Å²) < 4.78 is 21.0. The summed E-state index contributed by atoms with van der Waals surface area (Å²) in [5.74, 6) is 0.0129. The normalized spacial score (nSPS) is 17.5. The van der Waals surface area contributed by atoms with E-state index in [9.17, 15) is 14.2 Å². The zero-order valence-corrected chi connectivity index (χ0v) is 19.5. The van der Waals surface area contributed by atoms with E-state index < -0.39 is 13.7 Å². The maximum Gasteiger partial charge on any atom is 0.407 e. The van der Waals surface area contributed by atoms with E-state index in [1.807, 2.05) is 11.8 Å². The van der Waals surface area contributed by atoms with E-state index >= 15 is 0 Å². The molecule has 1 rings (SSSR count). The fourth-order valence-electron chi connectivity index (χ4n) is 3.40. The lowest BCUT2D eigenvalue weighted by molar-refractivity contribution is -0.121. The molecule has 1 saturated carbocycles. The first kappa shape index (κ1) is 26.3. The van der Waals surface area contributed by atoms with Crippen LogP contribution in [-0.2, 0) is 18.6 Å². The summed E-state index contributed by atoms with van der Waals surface area (Å²) in [6, 6.07) is 0. The smallest absolute Gasteiger partial charge is 0.407 e. The van der Waals surface area contributed by atoms with Gasteiger partial charge in [-0.15, -0.1) is 0 Å². The van der Waals surface area contributed by atoms with Crippen molar-refractivity contribution in [3.63, 3.8) is 0 Å². The van der Waals surface area contributed by atoms with Crippen LogP contribution in [0.25, 0.3) is 0 Å². The molecule has 2 amide bonds. The van der Waals surface area contributed by atoms with Crippen LogP contribution in [0, 0.1) is 0 Å². The van der Waals surface area contributed by atoms with Crippen molar-refractivity contribution in [1.29, 1.82) is 0 Å². The fraction of sp³-hybridized carbons (Fsp3) is 0.895. The minimum atomic E-state index is -3.37. The molecule has 29 heavy (non-hydrogen) atoms. The van der Waals surface area contributed by atoms with Gasteiger partial charge >= 0.3 is 13.7 Å². The molecule has 1 unspecified atom stereocenters. The van der Waals surface area contributed by atoms with Gasteiger partial charge in [-0.25, -0.2) is 4.79 Å². The SMILES string of the molecule is CSC1(CCC(=O)NCCOC(=O)NCCCCCCOP(C)(=O)O)CCCC1. The lowest BCUT2D eigenvalue weighted by Crippen LogP contribution is -2.32. The van der Waals surface area contributed by atoms with Crippen LogP contribution in [0.1, 0.15) is 64.2 Å². The molecule has 0 aromatic carbocycles. The molecule has 3 N–H and O–H groups in total. The number of alkyl carbamates (subject to hydrolysis) is 1. The number of unbranched alkanes of at least 4 members (excludes halogenated alkanes) is 3. The molecule has 0 spiro atoms. The number of hydrogen-bond donors (Lipinski definition) is 3. The Morgan fingerprint density at radius 3 is 2.41 bits per heavy atom. The van der Waals surface area contributed by atoms with Crippen LogP contribution >= 0.6 is 19.4 Å². The first-order valence-corrected chi connectivity index (χ1v) is 13.7. The molecular weight excluding hydrogens is 415 g/mol. The summed E-state index contributed by atoms with van der Waals surface area (Å²) in [5.41, 5.74) is 0. The van der Waals surface area contributed by atoms with Gasteiger partial charge in [-0.05, 0) is 38.4 Å². The summed E-state index contributed by atoms with van der Waals surface area (Å²) in [6.07, 6.45) is 11.2. The minimum Gasteiger partial charge on any atom is -0.448 e. The largest absolute Gasteiger partial charge is 0.448 e. The van der Waals surface area contributed by atoms with E-state index in [-0.39, 0.29) is 23.9 Å². The van der Waals surface area contributed by atoms with Gasteiger partial charge in [0.2, 0.25) is 5.91 Å². The minimum absolute atomic E-state index is 0.0129. The summed E-state index contributed by atoms with van der Waals surface area (Å²) in [4.78, 5) is 32.5. The van der Waals surface area contributed by atoms with Gasteiger partial charge in [0.05, 0.1) is 13.2 Å². The highest BCUT2D eigenvalue weighted by molar-refractivity contribution is 8.00. The number of carbonyl (C=O) groups is 2.